The lowest BCUT2D eigenvalue weighted by atomic mass is 9.69. The molecule has 1 unspecified atom stereocenters. The summed E-state index contributed by atoms with van der Waals surface area (Å²) in [4.78, 5) is 15.1. The van der Waals surface area contributed by atoms with Crippen LogP contribution in [0.5, 0.6) is 0 Å². The molecular weight excluding hydrogens is 667 g/mol. The predicted molar refractivity (Wildman–Crippen MR) is 224 cm³/mol. The Kier molecular flexibility index (Phi) is 7.21. The molecule has 0 bridgehead atoms. The van der Waals surface area contributed by atoms with Crippen molar-refractivity contribution in [1.82, 2.24) is 15.0 Å². The number of hydrogen-bond donors (Lipinski definition) is 0. The molecule has 3 nitrogen and oxygen atoms in total. The highest BCUT2D eigenvalue weighted by Gasteiger charge is 2.52. The van der Waals surface area contributed by atoms with Gasteiger partial charge >= 0.3 is 0 Å². The van der Waals surface area contributed by atoms with Gasteiger partial charge in [-0.15, -0.1) is 0 Å². The van der Waals surface area contributed by atoms with E-state index in [2.05, 4.69) is 175 Å². The standard InChI is InChI=1S/C52H35N3/c1-2-12-34(13-3-1)35-23-25-36(26-24-35)49-32-50(38-15-10-14-37(30-38)40-16-11-29-53-33-40)55-51(54-49)39-27-28-44-43-19-6-9-22-47(43)52(48(44)31-39)45-20-7-4-17-41(45)42-18-5-8-21-46(42)52/h1-4,6-17,19-33H,5,18H2. The molecule has 3 aliphatic rings. The van der Waals surface area contributed by atoms with Gasteiger partial charge in [-0.2, -0.15) is 0 Å². The molecule has 3 aliphatic carbocycles. The molecule has 0 fully saturated rings. The second-order valence-corrected chi connectivity index (χ2v) is 14.7. The van der Waals surface area contributed by atoms with Crippen LogP contribution in [0, 0.1) is 0 Å². The van der Waals surface area contributed by atoms with Gasteiger partial charge in [0.1, 0.15) is 0 Å². The first-order valence-corrected chi connectivity index (χ1v) is 19.1. The summed E-state index contributed by atoms with van der Waals surface area (Å²) in [5.74, 6) is 0.708. The first kappa shape index (κ1) is 31.5. The van der Waals surface area contributed by atoms with Gasteiger partial charge < -0.3 is 0 Å². The molecule has 0 saturated heterocycles. The van der Waals surface area contributed by atoms with Gasteiger partial charge in [0, 0.05) is 34.6 Å². The van der Waals surface area contributed by atoms with Gasteiger partial charge in [-0.05, 0) is 98.3 Å². The molecule has 1 spiro atoms. The largest absolute Gasteiger partial charge is 0.264 e. The van der Waals surface area contributed by atoms with Crippen molar-refractivity contribution < 1.29 is 0 Å². The molecule has 0 amide bonds. The predicted octanol–water partition coefficient (Wildman–Crippen LogP) is 12.6. The molecule has 0 aliphatic heterocycles. The highest BCUT2D eigenvalue weighted by molar-refractivity contribution is 5.96. The maximum atomic E-state index is 5.36. The molecule has 8 aromatic rings. The van der Waals surface area contributed by atoms with Crippen molar-refractivity contribution in [3.8, 4) is 67.3 Å². The van der Waals surface area contributed by atoms with Crippen LogP contribution < -0.4 is 0 Å². The number of fused-ring (bicyclic) bond motifs is 9. The zero-order valence-corrected chi connectivity index (χ0v) is 30.2. The first-order chi connectivity index (χ1) is 27.3. The zero-order chi connectivity index (χ0) is 36.3. The molecule has 2 aromatic heterocycles. The molecule has 0 radical (unpaired) electrons. The van der Waals surface area contributed by atoms with Crippen LogP contribution in [0.15, 0.2) is 194 Å². The monoisotopic (exact) mass is 701 g/mol. The van der Waals surface area contributed by atoms with E-state index in [1.54, 1.807) is 0 Å². The molecule has 11 rings (SSSR count). The highest BCUT2D eigenvalue weighted by Crippen LogP contribution is 2.63. The summed E-state index contributed by atoms with van der Waals surface area (Å²) < 4.78 is 0. The van der Waals surface area contributed by atoms with Gasteiger partial charge in [0.05, 0.1) is 16.8 Å². The van der Waals surface area contributed by atoms with E-state index in [0.717, 1.165) is 52.0 Å². The van der Waals surface area contributed by atoms with Crippen LogP contribution in [0.2, 0.25) is 0 Å². The summed E-state index contributed by atoms with van der Waals surface area (Å²) in [6.07, 6.45) is 10.6. The summed E-state index contributed by atoms with van der Waals surface area (Å²) >= 11 is 0. The van der Waals surface area contributed by atoms with Crippen LogP contribution in [0.3, 0.4) is 0 Å². The normalized spacial score (nSPS) is 16.1. The van der Waals surface area contributed by atoms with E-state index in [0.29, 0.717) is 5.82 Å². The van der Waals surface area contributed by atoms with Gasteiger partial charge in [0.2, 0.25) is 0 Å². The van der Waals surface area contributed by atoms with Crippen molar-refractivity contribution in [3.63, 3.8) is 0 Å². The molecule has 0 saturated carbocycles. The molecular formula is C52H35N3. The van der Waals surface area contributed by atoms with Crippen LogP contribution in [0.1, 0.15) is 35.1 Å². The van der Waals surface area contributed by atoms with Gasteiger partial charge in [-0.3, -0.25) is 4.98 Å². The Balaban J connectivity index is 1.11. The van der Waals surface area contributed by atoms with Crippen LogP contribution in [-0.4, -0.2) is 15.0 Å². The Morgan fingerprint density at radius 3 is 1.89 bits per heavy atom. The third kappa shape index (κ3) is 4.93. The van der Waals surface area contributed by atoms with E-state index >= 15 is 0 Å². The summed E-state index contributed by atoms with van der Waals surface area (Å²) in [6, 6.07) is 59.0. The average molecular weight is 702 g/mol. The zero-order valence-electron chi connectivity index (χ0n) is 30.2. The lowest BCUT2D eigenvalue weighted by Crippen LogP contribution is -2.27. The van der Waals surface area contributed by atoms with Crippen LogP contribution in [-0.2, 0) is 5.41 Å². The maximum Gasteiger partial charge on any atom is 0.160 e. The van der Waals surface area contributed by atoms with Crippen molar-refractivity contribution in [2.45, 2.75) is 18.3 Å². The summed E-state index contributed by atoms with van der Waals surface area (Å²) in [5.41, 5.74) is 19.8. The lowest BCUT2D eigenvalue weighted by molar-refractivity contribution is 0.780. The smallest absolute Gasteiger partial charge is 0.160 e. The molecule has 3 heteroatoms. The van der Waals surface area contributed by atoms with Crippen LogP contribution in [0.25, 0.3) is 72.9 Å². The fourth-order valence-electron chi connectivity index (χ4n) is 9.24. The molecule has 6 aromatic carbocycles. The maximum absolute atomic E-state index is 5.36. The van der Waals surface area contributed by atoms with Gasteiger partial charge in [-0.1, -0.05) is 152 Å². The van der Waals surface area contributed by atoms with Crippen molar-refractivity contribution in [2.24, 2.45) is 0 Å². The van der Waals surface area contributed by atoms with Crippen LogP contribution in [0.4, 0.5) is 0 Å². The van der Waals surface area contributed by atoms with E-state index in [1.807, 2.05) is 18.5 Å². The second kappa shape index (κ2) is 12.6. The average Bonchev–Trinajstić information content (AvgIpc) is 3.74. The topological polar surface area (TPSA) is 38.7 Å². The third-order valence-electron chi connectivity index (χ3n) is 11.7. The van der Waals surface area contributed by atoms with Gasteiger partial charge in [0.25, 0.3) is 0 Å². The van der Waals surface area contributed by atoms with E-state index in [-0.39, 0.29) is 0 Å². The Hall–Kier alpha value is -6.97. The Morgan fingerprint density at radius 2 is 1.07 bits per heavy atom. The number of allylic oxidation sites excluding steroid dienone is 4. The van der Waals surface area contributed by atoms with Crippen molar-refractivity contribution in [3.05, 3.63) is 216 Å². The minimum atomic E-state index is -0.392. The number of aromatic nitrogens is 3. The van der Waals surface area contributed by atoms with E-state index < -0.39 is 5.41 Å². The van der Waals surface area contributed by atoms with E-state index in [4.69, 9.17) is 9.97 Å². The minimum absolute atomic E-state index is 0.392. The van der Waals surface area contributed by atoms with Crippen molar-refractivity contribution >= 4 is 5.57 Å². The van der Waals surface area contributed by atoms with E-state index in [9.17, 15) is 0 Å². The molecule has 1 atom stereocenters. The fraction of sp³-hybridized carbons (Fsp3) is 0.0577. The van der Waals surface area contributed by atoms with Crippen molar-refractivity contribution in [2.75, 3.05) is 0 Å². The Labute approximate surface area is 321 Å². The third-order valence-corrected chi connectivity index (χ3v) is 11.7. The molecule has 258 valence electrons. The SMILES string of the molecule is C1=CC2=C(CC1)c1ccccc1C21c2ccccc2-c2ccc(-c3nc(-c4ccc(-c5ccccc5)cc4)cc(-c4cccc(-c5cccnc5)c4)n3)cc21. The lowest BCUT2D eigenvalue weighted by Gasteiger charge is -2.32. The Bertz CT molecular complexity index is 2850. The van der Waals surface area contributed by atoms with E-state index in [1.165, 1.54) is 55.7 Å². The molecule has 55 heavy (non-hydrogen) atoms. The summed E-state index contributed by atoms with van der Waals surface area (Å²) in [6.45, 7) is 0. The Morgan fingerprint density at radius 1 is 0.436 bits per heavy atom. The fourth-order valence-corrected chi connectivity index (χ4v) is 9.24. The summed E-state index contributed by atoms with van der Waals surface area (Å²) in [5, 5.41) is 0. The highest BCUT2D eigenvalue weighted by atomic mass is 14.9. The van der Waals surface area contributed by atoms with Crippen LogP contribution >= 0.6 is 0 Å². The quantitative estimate of drug-likeness (QED) is 0.179. The minimum Gasteiger partial charge on any atom is -0.264 e. The van der Waals surface area contributed by atoms with Crippen molar-refractivity contribution in [1.29, 1.82) is 0 Å². The number of nitrogens with zero attached hydrogens (tertiary/aromatic N) is 3. The second-order valence-electron chi connectivity index (χ2n) is 14.7. The van der Waals surface area contributed by atoms with Gasteiger partial charge in [0.15, 0.2) is 5.82 Å². The first-order valence-electron chi connectivity index (χ1n) is 19.1. The number of hydrogen-bond acceptors (Lipinski definition) is 3. The van der Waals surface area contributed by atoms with Gasteiger partial charge in [-0.25, -0.2) is 9.97 Å². The number of benzene rings is 6. The number of rotatable bonds is 5. The molecule has 2 heterocycles. The molecule has 0 N–H and O–H groups in total. The summed E-state index contributed by atoms with van der Waals surface area (Å²) in [7, 11) is 0. The number of pyridine rings is 1.